The Kier molecular flexibility index (Phi) is 6.16. The number of fused-ring (bicyclic) bond motifs is 10. The highest BCUT2D eigenvalue weighted by molar-refractivity contribution is 7.26. The Morgan fingerprint density at radius 1 is 0.392 bits per heavy atom. The van der Waals surface area contributed by atoms with Crippen molar-refractivity contribution in [3.05, 3.63) is 182 Å². The van der Waals surface area contributed by atoms with Crippen molar-refractivity contribution in [3.63, 3.8) is 0 Å². The van der Waals surface area contributed by atoms with Crippen LogP contribution in [-0.2, 0) is 0 Å². The molecule has 0 spiro atoms. The second-order valence-corrected chi connectivity index (χ2v) is 14.4. The number of nitrogens with zero attached hydrogens (tertiary/aromatic N) is 2. The van der Waals surface area contributed by atoms with Crippen LogP contribution in [0.15, 0.2) is 182 Å². The standard InChI is InChI=1S/C48H30N2S/c1-2-17-35(18-3-1)49(44-22-11-23-46-47(44)39-26-24-32-13-7-9-20-38(32)48(39)51-46)36-25-27-43-41(30-36)40-28-33-14-4-5-15-34(33)29-45(40)50(43)42-21-10-16-31-12-6-8-19-37(31)42/h1-30H. The highest BCUT2D eigenvalue weighted by atomic mass is 32.1. The molecule has 0 radical (unpaired) electrons. The van der Waals surface area contributed by atoms with E-state index in [-0.39, 0.29) is 0 Å². The predicted octanol–water partition coefficient (Wildman–Crippen LogP) is 14.1. The number of hydrogen-bond acceptors (Lipinski definition) is 2. The molecule has 0 aliphatic heterocycles. The molecule has 9 aromatic carbocycles. The van der Waals surface area contributed by atoms with Crippen LogP contribution in [0.5, 0.6) is 0 Å². The average molecular weight is 667 g/mol. The van der Waals surface area contributed by atoms with E-state index in [2.05, 4.69) is 191 Å². The van der Waals surface area contributed by atoms with Crippen LogP contribution < -0.4 is 4.90 Å². The van der Waals surface area contributed by atoms with Gasteiger partial charge in [-0.05, 0) is 87.6 Å². The van der Waals surface area contributed by atoms with Crippen molar-refractivity contribution in [2.24, 2.45) is 0 Å². The predicted molar refractivity (Wildman–Crippen MR) is 221 cm³/mol. The van der Waals surface area contributed by atoms with Crippen molar-refractivity contribution in [3.8, 4) is 5.69 Å². The van der Waals surface area contributed by atoms with Gasteiger partial charge in [0.15, 0.2) is 0 Å². The molecule has 51 heavy (non-hydrogen) atoms. The number of anilines is 3. The molecule has 3 heteroatoms. The Labute approximate surface area is 298 Å². The monoisotopic (exact) mass is 666 g/mol. The van der Waals surface area contributed by atoms with Crippen molar-refractivity contribution in [2.45, 2.75) is 0 Å². The highest BCUT2D eigenvalue weighted by Crippen LogP contribution is 2.47. The molecule has 0 amide bonds. The summed E-state index contributed by atoms with van der Waals surface area (Å²) in [6, 6.07) is 66.7. The summed E-state index contributed by atoms with van der Waals surface area (Å²) in [7, 11) is 0. The molecule has 2 heterocycles. The van der Waals surface area contributed by atoms with Gasteiger partial charge in [-0.25, -0.2) is 0 Å². The lowest BCUT2D eigenvalue weighted by atomic mass is 10.0. The summed E-state index contributed by atoms with van der Waals surface area (Å²) in [6.45, 7) is 0. The van der Waals surface area contributed by atoms with E-state index in [0.29, 0.717) is 0 Å². The van der Waals surface area contributed by atoms with Crippen LogP contribution in [0.2, 0.25) is 0 Å². The van der Waals surface area contributed by atoms with Crippen molar-refractivity contribution in [1.82, 2.24) is 4.57 Å². The zero-order valence-corrected chi connectivity index (χ0v) is 28.4. The number of thiophene rings is 1. The Morgan fingerprint density at radius 3 is 1.90 bits per heavy atom. The van der Waals surface area contributed by atoms with Crippen LogP contribution in [0.25, 0.3) is 80.0 Å². The van der Waals surface area contributed by atoms with Crippen LogP contribution in [0.3, 0.4) is 0 Å². The van der Waals surface area contributed by atoms with E-state index in [9.17, 15) is 0 Å². The molecule has 0 N–H and O–H groups in total. The Morgan fingerprint density at radius 2 is 1.06 bits per heavy atom. The van der Waals surface area contributed by atoms with Gasteiger partial charge in [0.25, 0.3) is 0 Å². The summed E-state index contributed by atoms with van der Waals surface area (Å²) in [6.07, 6.45) is 0. The first-order valence-corrected chi connectivity index (χ1v) is 18.3. The third-order valence-corrected chi connectivity index (χ3v) is 11.7. The van der Waals surface area contributed by atoms with E-state index in [4.69, 9.17) is 0 Å². The van der Waals surface area contributed by atoms with Crippen molar-refractivity contribution in [2.75, 3.05) is 4.90 Å². The molecule has 2 aromatic heterocycles. The minimum absolute atomic E-state index is 1.13. The van der Waals surface area contributed by atoms with Gasteiger partial charge in [0.1, 0.15) is 0 Å². The fourth-order valence-electron chi connectivity index (χ4n) is 8.22. The van der Waals surface area contributed by atoms with E-state index < -0.39 is 0 Å². The van der Waals surface area contributed by atoms with Crippen LogP contribution in [-0.4, -0.2) is 4.57 Å². The highest BCUT2D eigenvalue weighted by Gasteiger charge is 2.22. The Hall–Kier alpha value is -6.42. The molecule has 0 aliphatic carbocycles. The molecule has 0 fully saturated rings. The zero-order chi connectivity index (χ0) is 33.5. The maximum atomic E-state index is 2.47. The van der Waals surface area contributed by atoms with E-state index in [1.54, 1.807) is 0 Å². The van der Waals surface area contributed by atoms with E-state index >= 15 is 0 Å². The van der Waals surface area contributed by atoms with Crippen molar-refractivity contribution in [1.29, 1.82) is 0 Å². The third kappa shape index (κ3) is 4.29. The summed E-state index contributed by atoms with van der Waals surface area (Å²) >= 11 is 1.89. The molecule has 0 unspecified atom stereocenters. The fraction of sp³-hybridized carbons (Fsp3) is 0. The Balaban J connectivity index is 1.22. The van der Waals surface area contributed by atoms with Gasteiger partial charge < -0.3 is 9.47 Å². The normalized spacial score (nSPS) is 11.9. The first kappa shape index (κ1) is 28.4. The van der Waals surface area contributed by atoms with Crippen LogP contribution in [0, 0.1) is 0 Å². The smallest absolute Gasteiger partial charge is 0.0554 e. The summed E-state index contributed by atoms with van der Waals surface area (Å²) in [5.74, 6) is 0. The second kappa shape index (κ2) is 11.0. The molecule has 0 aliphatic rings. The molecular formula is C48H30N2S. The number of hydrogen-bond donors (Lipinski definition) is 0. The van der Waals surface area contributed by atoms with Gasteiger partial charge in [0.2, 0.25) is 0 Å². The summed E-state index contributed by atoms with van der Waals surface area (Å²) in [5, 5.41) is 12.6. The van der Waals surface area contributed by atoms with Gasteiger partial charge in [-0.3, -0.25) is 0 Å². The average Bonchev–Trinajstić information content (AvgIpc) is 3.73. The van der Waals surface area contributed by atoms with E-state index in [0.717, 1.165) is 11.4 Å². The lowest BCUT2D eigenvalue weighted by Crippen LogP contribution is -2.10. The zero-order valence-electron chi connectivity index (χ0n) is 27.6. The molecule has 11 aromatic rings. The summed E-state index contributed by atoms with van der Waals surface area (Å²) in [4.78, 5) is 2.45. The van der Waals surface area contributed by atoms with E-state index in [1.807, 2.05) is 11.3 Å². The lowest BCUT2D eigenvalue weighted by molar-refractivity contribution is 1.20. The minimum Gasteiger partial charge on any atom is -0.310 e. The molecule has 0 bridgehead atoms. The molecular weight excluding hydrogens is 637 g/mol. The van der Waals surface area contributed by atoms with Crippen LogP contribution in [0.1, 0.15) is 0 Å². The minimum atomic E-state index is 1.13. The summed E-state index contributed by atoms with van der Waals surface area (Å²) < 4.78 is 5.10. The molecule has 0 atom stereocenters. The molecule has 0 saturated carbocycles. The van der Waals surface area contributed by atoms with Crippen molar-refractivity contribution >= 4 is 103 Å². The van der Waals surface area contributed by atoms with E-state index in [1.165, 1.54) is 85.7 Å². The summed E-state index contributed by atoms with van der Waals surface area (Å²) in [5.41, 5.74) is 7.04. The number of benzene rings is 9. The maximum Gasteiger partial charge on any atom is 0.0554 e. The number of aromatic nitrogens is 1. The van der Waals surface area contributed by atoms with Gasteiger partial charge in [-0.2, -0.15) is 0 Å². The van der Waals surface area contributed by atoms with Gasteiger partial charge in [0.05, 0.1) is 22.4 Å². The Bertz CT molecular complexity index is 3150. The van der Waals surface area contributed by atoms with Gasteiger partial charge >= 0.3 is 0 Å². The maximum absolute atomic E-state index is 2.47. The van der Waals surface area contributed by atoms with Gasteiger partial charge in [-0.15, -0.1) is 11.3 Å². The molecule has 238 valence electrons. The number of para-hydroxylation sites is 1. The first-order chi connectivity index (χ1) is 25.3. The largest absolute Gasteiger partial charge is 0.310 e. The lowest BCUT2D eigenvalue weighted by Gasteiger charge is -2.26. The topological polar surface area (TPSA) is 8.17 Å². The second-order valence-electron chi connectivity index (χ2n) is 13.3. The molecule has 0 saturated heterocycles. The third-order valence-electron chi connectivity index (χ3n) is 10.5. The molecule has 11 rings (SSSR count). The number of rotatable bonds is 4. The van der Waals surface area contributed by atoms with Crippen LogP contribution >= 0.6 is 11.3 Å². The fourth-order valence-corrected chi connectivity index (χ4v) is 9.48. The quantitative estimate of drug-likeness (QED) is 0.181. The van der Waals surface area contributed by atoms with Gasteiger partial charge in [0, 0.05) is 47.7 Å². The molecule has 2 nitrogen and oxygen atoms in total. The van der Waals surface area contributed by atoms with Crippen molar-refractivity contribution < 1.29 is 0 Å². The van der Waals surface area contributed by atoms with Gasteiger partial charge in [-0.1, -0.05) is 121 Å². The van der Waals surface area contributed by atoms with Crippen LogP contribution in [0.4, 0.5) is 17.1 Å². The SMILES string of the molecule is c1ccc(N(c2ccc3c(c2)c2cc4ccccc4cc2n3-c2cccc3ccccc23)c2cccc3sc4c5ccccc5ccc4c23)cc1. The first-order valence-electron chi connectivity index (χ1n) is 17.4.